The van der Waals surface area contributed by atoms with Crippen LogP contribution < -0.4 is 5.32 Å². The molecule has 1 aromatic heterocycles. The Morgan fingerprint density at radius 2 is 1.94 bits per heavy atom. The molecule has 1 aromatic carbocycles. The van der Waals surface area contributed by atoms with Gasteiger partial charge in [0.2, 0.25) is 5.95 Å². The summed E-state index contributed by atoms with van der Waals surface area (Å²) in [5.41, 5.74) is 0.973. The average Bonchev–Trinajstić information content (AvgIpc) is 2.32. The lowest BCUT2D eigenvalue weighted by molar-refractivity contribution is 0.984. The second-order valence-electron chi connectivity index (χ2n) is 3.76. The average molecular weight is 324 g/mol. The van der Waals surface area contributed by atoms with Crippen LogP contribution in [0.25, 0.3) is 0 Å². The molecule has 0 spiro atoms. The van der Waals surface area contributed by atoms with Gasteiger partial charge >= 0.3 is 0 Å². The third-order valence-electron chi connectivity index (χ3n) is 2.20. The number of rotatable bonds is 4. The molecule has 0 atom stereocenters. The van der Waals surface area contributed by atoms with Gasteiger partial charge in [0, 0.05) is 21.6 Å². The van der Waals surface area contributed by atoms with Crippen molar-refractivity contribution in [3.05, 3.63) is 40.5 Å². The van der Waals surface area contributed by atoms with Gasteiger partial charge < -0.3 is 5.32 Å². The van der Waals surface area contributed by atoms with Crippen LogP contribution in [0.3, 0.4) is 0 Å². The molecule has 1 heterocycles. The number of anilines is 1. The number of nitrogens with one attached hydrogen (secondary N) is 1. The van der Waals surface area contributed by atoms with Crippen molar-refractivity contribution in [1.82, 2.24) is 9.97 Å². The first kappa shape index (κ1) is 13.4. The summed E-state index contributed by atoms with van der Waals surface area (Å²) < 4.78 is 1.08. The maximum absolute atomic E-state index is 4.47. The van der Waals surface area contributed by atoms with E-state index >= 15 is 0 Å². The highest BCUT2D eigenvalue weighted by atomic mass is 79.9. The van der Waals surface area contributed by atoms with Gasteiger partial charge in [0.1, 0.15) is 5.03 Å². The topological polar surface area (TPSA) is 37.8 Å². The van der Waals surface area contributed by atoms with Crippen LogP contribution in [0.5, 0.6) is 0 Å². The van der Waals surface area contributed by atoms with Crippen molar-refractivity contribution in [2.75, 3.05) is 11.9 Å². The van der Waals surface area contributed by atoms with Crippen molar-refractivity contribution < 1.29 is 0 Å². The first-order valence-corrected chi connectivity index (χ1v) is 7.31. The second-order valence-corrected chi connectivity index (χ2v) is 5.77. The van der Waals surface area contributed by atoms with Gasteiger partial charge in [-0.05, 0) is 44.2 Å². The van der Waals surface area contributed by atoms with Gasteiger partial charge in [-0.3, -0.25) is 0 Å². The van der Waals surface area contributed by atoms with Crippen LogP contribution in [0.4, 0.5) is 5.95 Å². The first-order chi connectivity index (χ1) is 8.67. The Balaban J connectivity index is 2.20. The zero-order valence-corrected chi connectivity index (χ0v) is 12.7. The van der Waals surface area contributed by atoms with Crippen LogP contribution in [0.15, 0.2) is 44.7 Å². The van der Waals surface area contributed by atoms with Gasteiger partial charge in [-0.1, -0.05) is 27.7 Å². The van der Waals surface area contributed by atoms with Gasteiger partial charge in [-0.25, -0.2) is 9.97 Å². The van der Waals surface area contributed by atoms with E-state index in [-0.39, 0.29) is 0 Å². The van der Waals surface area contributed by atoms with Crippen molar-refractivity contribution in [1.29, 1.82) is 0 Å². The molecule has 0 radical (unpaired) electrons. The summed E-state index contributed by atoms with van der Waals surface area (Å²) in [6, 6.07) is 10.2. The molecule has 1 N–H and O–H groups in total. The van der Waals surface area contributed by atoms with E-state index in [1.165, 1.54) is 4.90 Å². The fraction of sp³-hybridized carbons (Fsp3) is 0.231. The summed E-state index contributed by atoms with van der Waals surface area (Å²) in [6.45, 7) is 4.84. The summed E-state index contributed by atoms with van der Waals surface area (Å²) in [6.07, 6.45) is 0. The maximum atomic E-state index is 4.47. The van der Waals surface area contributed by atoms with Crippen molar-refractivity contribution >= 4 is 33.6 Å². The van der Waals surface area contributed by atoms with E-state index in [1.807, 2.05) is 32.0 Å². The standard InChI is InChI=1S/C13H14BrN3S/c1-3-15-13-16-9(2)8-12(17-13)18-11-6-4-10(14)5-7-11/h4-8H,3H2,1-2H3,(H,15,16,17). The Kier molecular flexibility index (Phi) is 4.60. The molecule has 0 unspecified atom stereocenters. The lowest BCUT2D eigenvalue weighted by Crippen LogP contribution is -2.03. The van der Waals surface area contributed by atoms with Crippen molar-refractivity contribution in [3.8, 4) is 0 Å². The molecule has 0 fully saturated rings. The number of hydrogen-bond acceptors (Lipinski definition) is 4. The van der Waals surface area contributed by atoms with Crippen LogP contribution in [-0.2, 0) is 0 Å². The quantitative estimate of drug-likeness (QED) is 0.858. The van der Waals surface area contributed by atoms with E-state index in [1.54, 1.807) is 11.8 Å². The van der Waals surface area contributed by atoms with Crippen molar-refractivity contribution in [3.63, 3.8) is 0 Å². The second kappa shape index (κ2) is 6.20. The van der Waals surface area contributed by atoms with Crippen LogP contribution in [0.2, 0.25) is 0 Å². The SMILES string of the molecule is CCNc1nc(C)cc(Sc2ccc(Br)cc2)n1. The summed E-state index contributed by atoms with van der Waals surface area (Å²) >= 11 is 5.07. The van der Waals surface area contributed by atoms with Crippen LogP contribution in [0.1, 0.15) is 12.6 Å². The first-order valence-electron chi connectivity index (χ1n) is 5.70. The predicted octanol–water partition coefficient (Wildman–Crippen LogP) is 4.13. The smallest absolute Gasteiger partial charge is 0.223 e. The molecule has 0 aliphatic carbocycles. The number of aromatic nitrogens is 2. The zero-order chi connectivity index (χ0) is 13.0. The summed E-state index contributed by atoms with van der Waals surface area (Å²) in [4.78, 5) is 9.97. The minimum Gasteiger partial charge on any atom is -0.354 e. The highest BCUT2D eigenvalue weighted by Gasteiger charge is 2.03. The lowest BCUT2D eigenvalue weighted by Gasteiger charge is -2.06. The van der Waals surface area contributed by atoms with E-state index in [2.05, 4.69) is 43.3 Å². The van der Waals surface area contributed by atoms with E-state index in [9.17, 15) is 0 Å². The Morgan fingerprint density at radius 3 is 2.61 bits per heavy atom. The molecule has 2 rings (SSSR count). The molecular formula is C13H14BrN3S. The van der Waals surface area contributed by atoms with E-state index in [0.29, 0.717) is 5.95 Å². The molecule has 18 heavy (non-hydrogen) atoms. The van der Waals surface area contributed by atoms with Crippen molar-refractivity contribution in [2.45, 2.75) is 23.8 Å². The van der Waals surface area contributed by atoms with Crippen molar-refractivity contribution in [2.24, 2.45) is 0 Å². The number of benzene rings is 1. The molecule has 0 amide bonds. The highest BCUT2D eigenvalue weighted by Crippen LogP contribution is 2.28. The Bertz CT molecular complexity index is 528. The number of hydrogen-bond donors (Lipinski definition) is 1. The molecule has 3 nitrogen and oxygen atoms in total. The van der Waals surface area contributed by atoms with Gasteiger partial charge in [-0.2, -0.15) is 0 Å². The largest absolute Gasteiger partial charge is 0.354 e. The van der Waals surface area contributed by atoms with Gasteiger partial charge in [-0.15, -0.1) is 0 Å². The van der Waals surface area contributed by atoms with E-state index in [4.69, 9.17) is 0 Å². The molecule has 2 aromatic rings. The van der Waals surface area contributed by atoms with Gasteiger partial charge in [0.15, 0.2) is 0 Å². The summed E-state index contributed by atoms with van der Waals surface area (Å²) in [7, 11) is 0. The molecule has 0 aliphatic rings. The fourth-order valence-corrected chi connectivity index (χ4v) is 2.59. The normalized spacial score (nSPS) is 10.4. The predicted molar refractivity (Wildman–Crippen MR) is 79.2 cm³/mol. The van der Waals surface area contributed by atoms with Gasteiger partial charge in [0.05, 0.1) is 0 Å². The lowest BCUT2D eigenvalue weighted by atomic mass is 10.4. The number of nitrogens with zero attached hydrogens (tertiary/aromatic N) is 2. The molecule has 0 saturated carbocycles. The zero-order valence-electron chi connectivity index (χ0n) is 10.3. The van der Waals surface area contributed by atoms with Crippen LogP contribution in [0, 0.1) is 6.92 Å². The monoisotopic (exact) mass is 323 g/mol. The van der Waals surface area contributed by atoms with Gasteiger partial charge in [0.25, 0.3) is 0 Å². The third-order valence-corrected chi connectivity index (χ3v) is 3.66. The Hall–Kier alpha value is -1.07. The van der Waals surface area contributed by atoms with E-state index in [0.717, 1.165) is 21.7 Å². The maximum Gasteiger partial charge on any atom is 0.223 e. The molecule has 0 aliphatic heterocycles. The molecule has 94 valence electrons. The van der Waals surface area contributed by atoms with Crippen LogP contribution >= 0.6 is 27.7 Å². The third kappa shape index (κ3) is 3.71. The minimum atomic E-state index is 0.692. The molecular weight excluding hydrogens is 310 g/mol. The van der Waals surface area contributed by atoms with Crippen LogP contribution in [-0.4, -0.2) is 16.5 Å². The number of halogens is 1. The minimum absolute atomic E-state index is 0.692. The fourth-order valence-electron chi connectivity index (χ4n) is 1.45. The summed E-state index contributed by atoms with van der Waals surface area (Å²) in [5.74, 6) is 0.692. The van der Waals surface area contributed by atoms with E-state index < -0.39 is 0 Å². The molecule has 5 heteroatoms. The highest BCUT2D eigenvalue weighted by molar-refractivity contribution is 9.10. The Morgan fingerprint density at radius 1 is 1.22 bits per heavy atom. The number of aryl methyl sites for hydroxylation is 1. The molecule has 0 bridgehead atoms. The Labute approximate surface area is 120 Å². The molecule has 0 saturated heterocycles. The summed E-state index contributed by atoms with van der Waals surface area (Å²) in [5, 5.41) is 4.10.